The zero-order valence-electron chi connectivity index (χ0n) is 7.34. The van der Waals surface area contributed by atoms with E-state index in [1.165, 1.54) is 24.5 Å². The van der Waals surface area contributed by atoms with Crippen LogP contribution in [0.2, 0.25) is 0 Å². The van der Waals surface area contributed by atoms with Crippen molar-refractivity contribution in [2.45, 2.75) is 0 Å². The number of hydrogen-bond donors (Lipinski definition) is 1. The fraction of sp³-hybridized carbons (Fsp3) is 0. The predicted molar refractivity (Wildman–Crippen MR) is 46.4 cm³/mol. The Kier molecular flexibility index (Phi) is 3.19. The smallest absolute Gasteiger partial charge is 0.400 e. The molecule has 2 N–H and O–H groups in total. The molecule has 0 bridgehead atoms. The standard InChI is InChI=1S/C8H5N3O4/c9-4-5(7(10)12)11-15-8(13)6-2-1-3-14-6/h1-3H,(H2,10,12). The lowest BCUT2D eigenvalue weighted by molar-refractivity contribution is -0.112. The molecular formula is C8H5N3O4. The SMILES string of the molecule is N#CC(=NOC(=O)c1ccco1)C(N)=O. The average Bonchev–Trinajstić information content (AvgIpc) is 2.70. The highest BCUT2D eigenvalue weighted by atomic mass is 16.7. The third-order valence-electron chi connectivity index (χ3n) is 1.28. The number of furan rings is 1. The third kappa shape index (κ3) is 2.67. The van der Waals surface area contributed by atoms with Gasteiger partial charge in [0.1, 0.15) is 6.07 Å². The molecule has 0 radical (unpaired) electrons. The van der Waals surface area contributed by atoms with Crippen molar-refractivity contribution in [3.8, 4) is 6.07 Å². The number of nitriles is 1. The van der Waals surface area contributed by atoms with Crippen molar-refractivity contribution >= 4 is 17.6 Å². The quantitative estimate of drug-likeness (QED) is 0.418. The predicted octanol–water partition coefficient (Wildman–Crippen LogP) is -0.199. The first kappa shape index (κ1) is 10.5. The molecule has 1 aromatic heterocycles. The summed E-state index contributed by atoms with van der Waals surface area (Å²) in [5, 5.41) is 11.3. The minimum Gasteiger partial charge on any atom is -0.457 e. The molecule has 0 saturated heterocycles. The van der Waals surface area contributed by atoms with Crippen molar-refractivity contribution in [3.63, 3.8) is 0 Å². The third-order valence-corrected chi connectivity index (χ3v) is 1.28. The molecule has 7 heteroatoms. The average molecular weight is 207 g/mol. The minimum absolute atomic E-state index is 0.0967. The first-order valence-corrected chi connectivity index (χ1v) is 3.68. The van der Waals surface area contributed by atoms with E-state index >= 15 is 0 Å². The fourth-order valence-corrected chi connectivity index (χ4v) is 0.647. The summed E-state index contributed by atoms with van der Waals surface area (Å²) in [5.41, 5.74) is 4.05. The molecule has 0 saturated carbocycles. The van der Waals surface area contributed by atoms with Crippen LogP contribution in [0.5, 0.6) is 0 Å². The number of carbonyl (C=O) groups excluding carboxylic acids is 2. The van der Waals surface area contributed by atoms with Gasteiger partial charge in [0, 0.05) is 0 Å². The lowest BCUT2D eigenvalue weighted by Gasteiger charge is -1.93. The summed E-state index contributed by atoms with van der Waals surface area (Å²) in [5.74, 6) is -2.10. The van der Waals surface area contributed by atoms with E-state index in [1.807, 2.05) is 0 Å². The summed E-state index contributed by atoms with van der Waals surface area (Å²) >= 11 is 0. The summed E-state index contributed by atoms with van der Waals surface area (Å²) in [6.45, 7) is 0. The van der Waals surface area contributed by atoms with Crippen molar-refractivity contribution in [1.29, 1.82) is 5.26 Å². The van der Waals surface area contributed by atoms with Gasteiger partial charge >= 0.3 is 5.97 Å². The molecular weight excluding hydrogens is 202 g/mol. The number of rotatable bonds is 3. The van der Waals surface area contributed by atoms with Gasteiger partial charge in [-0.25, -0.2) is 4.79 Å². The van der Waals surface area contributed by atoms with Crippen LogP contribution in [-0.2, 0) is 9.63 Å². The second kappa shape index (κ2) is 4.57. The van der Waals surface area contributed by atoms with Crippen LogP contribution in [0.25, 0.3) is 0 Å². The van der Waals surface area contributed by atoms with Gasteiger partial charge in [0.05, 0.1) is 6.26 Å². The summed E-state index contributed by atoms with van der Waals surface area (Å²) < 4.78 is 4.68. The second-order valence-electron chi connectivity index (χ2n) is 2.27. The summed E-state index contributed by atoms with van der Waals surface area (Å²) in [4.78, 5) is 25.8. The van der Waals surface area contributed by atoms with Crippen LogP contribution in [0.4, 0.5) is 0 Å². The van der Waals surface area contributed by atoms with Crippen molar-refractivity contribution in [2.75, 3.05) is 0 Å². The molecule has 0 aliphatic carbocycles. The van der Waals surface area contributed by atoms with E-state index in [4.69, 9.17) is 11.0 Å². The van der Waals surface area contributed by atoms with Gasteiger partial charge in [0.2, 0.25) is 11.5 Å². The highest BCUT2D eigenvalue weighted by molar-refractivity contribution is 6.44. The normalized spacial score (nSPS) is 10.5. The molecule has 76 valence electrons. The lowest BCUT2D eigenvalue weighted by atomic mass is 10.4. The van der Waals surface area contributed by atoms with E-state index in [1.54, 1.807) is 0 Å². The molecule has 1 heterocycles. The Balaban J connectivity index is 2.69. The molecule has 1 aromatic rings. The van der Waals surface area contributed by atoms with Crippen LogP contribution in [0.1, 0.15) is 10.6 Å². The van der Waals surface area contributed by atoms with E-state index < -0.39 is 17.6 Å². The largest absolute Gasteiger partial charge is 0.457 e. The van der Waals surface area contributed by atoms with E-state index in [9.17, 15) is 9.59 Å². The van der Waals surface area contributed by atoms with Crippen LogP contribution in [-0.4, -0.2) is 17.6 Å². The monoisotopic (exact) mass is 207 g/mol. The Morgan fingerprint density at radius 1 is 1.60 bits per heavy atom. The zero-order valence-corrected chi connectivity index (χ0v) is 7.34. The summed E-state index contributed by atoms with van der Waals surface area (Å²) in [6.07, 6.45) is 1.26. The number of nitrogens with two attached hydrogens (primary N) is 1. The lowest BCUT2D eigenvalue weighted by Crippen LogP contribution is -2.22. The maximum atomic E-state index is 11.1. The van der Waals surface area contributed by atoms with Gasteiger partial charge in [-0.15, -0.1) is 0 Å². The van der Waals surface area contributed by atoms with Gasteiger partial charge in [-0.2, -0.15) is 5.26 Å². The molecule has 1 rings (SSSR count). The van der Waals surface area contributed by atoms with Gasteiger partial charge in [0.25, 0.3) is 5.91 Å². The molecule has 7 nitrogen and oxygen atoms in total. The van der Waals surface area contributed by atoms with Gasteiger partial charge in [-0.1, -0.05) is 5.16 Å². The molecule has 1 amide bonds. The highest BCUT2D eigenvalue weighted by Crippen LogP contribution is 2.02. The van der Waals surface area contributed by atoms with Crippen molar-refractivity contribution in [1.82, 2.24) is 0 Å². The van der Waals surface area contributed by atoms with Gasteiger partial charge in [0.15, 0.2) is 0 Å². The molecule has 15 heavy (non-hydrogen) atoms. The van der Waals surface area contributed by atoms with E-state index in [0.717, 1.165) is 0 Å². The Labute approximate surface area is 83.7 Å². The summed E-state index contributed by atoms with van der Waals surface area (Å²) in [7, 11) is 0. The maximum absolute atomic E-state index is 11.1. The number of hydrogen-bond acceptors (Lipinski definition) is 6. The van der Waals surface area contributed by atoms with Crippen LogP contribution in [0.3, 0.4) is 0 Å². The number of primary amides is 1. The first-order valence-electron chi connectivity index (χ1n) is 3.68. The molecule has 0 atom stereocenters. The van der Waals surface area contributed by atoms with Crippen LogP contribution in [0.15, 0.2) is 28.0 Å². The van der Waals surface area contributed by atoms with Crippen LogP contribution < -0.4 is 5.73 Å². The fourth-order valence-electron chi connectivity index (χ4n) is 0.647. The minimum atomic E-state index is -1.08. The Morgan fingerprint density at radius 3 is 2.80 bits per heavy atom. The maximum Gasteiger partial charge on any atom is 0.400 e. The van der Waals surface area contributed by atoms with Crippen molar-refractivity contribution in [2.24, 2.45) is 10.9 Å². The molecule has 0 aliphatic rings. The Morgan fingerprint density at radius 2 is 2.33 bits per heavy atom. The van der Waals surface area contributed by atoms with Gasteiger partial charge in [-0.05, 0) is 12.1 Å². The van der Waals surface area contributed by atoms with E-state index in [-0.39, 0.29) is 5.76 Å². The number of nitrogens with zero attached hydrogens (tertiary/aromatic N) is 2. The number of carbonyl (C=O) groups is 2. The van der Waals surface area contributed by atoms with Crippen molar-refractivity contribution in [3.05, 3.63) is 24.2 Å². The topological polar surface area (TPSA) is 119 Å². The van der Waals surface area contributed by atoms with Gasteiger partial charge < -0.3 is 15.0 Å². The second-order valence-corrected chi connectivity index (χ2v) is 2.27. The molecule has 0 fully saturated rings. The molecule has 0 spiro atoms. The first-order chi connectivity index (χ1) is 7.15. The number of amides is 1. The van der Waals surface area contributed by atoms with E-state index in [2.05, 4.69) is 14.4 Å². The van der Waals surface area contributed by atoms with E-state index in [0.29, 0.717) is 0 Å². The van der Waals surface area contributed by atoms with Crippen LogP contribution in [0, 0.1) is 11.3 Å². The molecule has 0 unspecified atom stereocenters. The highest BCUT2D eigenvalue weighted by Gasteiger charge is 2.12. The Hall–Kier alpha value is -2.62. The van der Waals surface area contributed by atoms with Gasteiger partial charge in [-0.3, -0.25) is 4.79 Å². The number of oxime groups is 1. The molecule has 0 aromatic carbocycles. The zero-order chi connectivity index (χ0) is 11.3. The molecule has 0 aliphatic heterocycles. The van der Waals surface area contributed by atoms with Crippen LogP contribution >= 0.6 is 0 Å². The summed E-state index contributed by atoms with van der Waals surface area (Å²) in [6, 6.07) is 4.18. The van der Waals surface area contributed by atoms with Crippen molar-refractivity contribution < 1.29 is 18.8 Å². The Bertz CT molecular complexity index is 441.